The van der Waals surface area contributed by atoms with Gasteiger partial charge >= 0.3 is 0 Å². The van der Waals surface area contributed by atoms with Gasteiger partial charge in [-0.25, -0.2) is 0 Å². The van der Waals surface area contributed by atoms with E-state index in [0.717, 1.165) is 0 Å². The molecule has 9 heteroatoms. The van der Waals surface area contributed by atoms with Crippen molar-refractivity contribution in [1.29, 1.82) is 0 Å². The van der Waals surface area contributed by atoms with Gasteiger partial charge in [0.15, 0.2) is 0 Å². The summed E-state index contributed by atoms with van der Waals surface area (Å²) < 4.78 is 27.8. The van der Waals surface area contributed by atoms with Gasteiger partial charge in [-0.05, 0) is 18.2 Å². The van der Waals surface area contributed by atoms with E-state index < -0.39 is 10.2 Å². The molecule has 134 valence electrons. The maximum absolute atomic E-state index is 12.5. The smallest absolute Gasteiger partial charge is 0.282 e. The third-order valence-corrected chi connectivity index (χ3v) is 6.49. The number of halogens is 1. The Bertz CT molecular complexity index is 699. The maximum atomic E-state index is 12.5. The first-order chi connectivity index (χ1) is 11.3. The van der Waals surface area contributed by atoms with Crippen LogP contribution >= 0.6 is 11.6 Å². The Hall–Kier alpha value is -1.35. The lowest BCUT2D eigenvalue weighted by Crippen LogP contribution is -2.54. The van der Waals surface area contributed by atoms with Gasteiger partial charge in [0, 0.05) is 44.3 Å². The van der Waals surface area contributed by atoms with Crippen molar-refractivity contribution < 1.29 is 18.3 Å². The second-order valence-corrected chi connectivity index (χ2v) is 7.81. The fourth-order valence-corrected chi connectivity index (χ4v) is 4.46. The molecule has 1 N–H and O–H groups in total. The van der Waals surface area contributed by atoms with Crippen LogP contribution in [-0.4, -0.2) is 72.2 Å². The van der Waals surface area contributed by atoms with Crippen LogP contribution in [0.4, 0.5) is 0 Å². The number of carbonyl (C=O) groups excluding carboxylic acids is 1. The number of nitrogens with zero attached hydrogens (tertiary/aromatic N) is 3. The fraction of sp³-hybridized carbons (Fsp3) is 0.533. The summed E-state index contributed by atoms with van der Waals surface area (Å²) in [6, 6.07) is 4.29. The van der Waals surface area contributed by atoms with Gasteiger partial charge in [-0.3, -0.25) is 4.79 Å². The van der Waals surface area contributed by atoms with E-state index in [0.29, 0.717) is 18.1 Å². The molecule has 7 nitrogen and oxygen atoms in total. The second-order valence-electron chi connectivity index (χ2n) is 5.44. The number of hydrogen-bond acceptors (Lipinski definition) is 4. The third kappa shape index (κ3) is 3.83. The number of phenolic OH excluding ortho intramolecular Hbond substituents is 1. The monoisotopic (exact) mass is 375 g/mol. The largest absolute Gasteiger partial charge is 0.507 e. The van der Waals surface area contributed by atoms with Crippen LogP contribution < -0.4 is 0 Å². The zero-order valence-electron chi connectivity index (χ0n) is 13.8. The summed E-state index contributed by atoms with van der Waals surface area (Å²) in [5, 5.41) is 10.2. The molecule has 1 aromatic carbocycles. The van der Waals surface area contributed by atoms with Crippen LogP contribution in [0.1, 0.15) is 24.2 Å². The minimum absolute atomic E-state index is 0.127. The summed E-state index contributed by atoms with van der Waals surface area (Å²) in [5.74, 6) is -0.488. The molecule has 0 atom stereocenters. The number of aromatic hydroxyl groups is 1. The third-order valence-electron chi connectivity index (χ3n) is 4.07. The second kappa shape index (κ2) is 7.69. The Morgan fingerprint density at radius 3 is 2.33 bits per heavy atom. The first-order valence-corrected chi connectivity index (χ1v) is 9.61. The molecule has 2 rings (SSSR count). The highest BCUT2D eigenvalue weighted by Gasteiger charge is 2.32. The Labute approximate surface area is 147 Å². The van der Waals surface area contributed by atoms with Gasteiger partial charge in [-0.2, -0.15) is 17.0 Å². The number of benzene rings is 1. The van der Waals surface area contributed by atoms with E-state index in [1.807, 2.05) is 0 Å². The van der Waals surface area contributed by atoms with E-state index in [4.69, 9.17) is 11.6 Å². The molecule has 1 saturated heterocycles. The van der Waals surface area contributed by atoms with Crippen molar-refractivity contribution in [2.75, 3.05) is 39.3 Å². The van der Waals surface area contributed by atoms with Crippen LogP contribution in [0.3, 0.4) is 0 Å². The molecule has 1 aromatic rings. The van der Waals surface area contributed by atoms with Crippen molar-refractivity contribution in [3.8, 4) is 5.75 Å². The average Bonchev–Trinajstić information content (AvgIpc) is 2.57. The minimum Gasteiger partial charge on any atom is -0.507 e. The van der Waals surface area contributed by atoms with Gasteiger partial charge in [-0.15, -0.1) is 0 Å². The molecule has 1 heterocycles. The quantitative estimate of drug-likeness (QED) is 0.843. The van der Waals surface area contributed by atoms with Crippen LogP contribution in [0.2, 0.25) is 5.02 Å². The predicted octanol–water partition coefficient (Wildman–Crippen LogP) is 1.39. The van der Waals surface area contributed by atoms with E-state index in [9.17, 15) is 18.3 Å². The maximum Gasteiger partial charge on any atom is 0.282 e. The molecular formula is C15H22ClN3O4S. The Kier molecular flexibility index (Phi) is 6.08. The van der Waals surface area contributed by atoms with E-state index in [2.05, 4.69) is 0 Å². The van der Waals surface area contributed by atoms with Crippen LogP contribution in [0, 0.1) is 0 Å². The molecule has 0 radical (unpaired) electrons. The Balaban J connectivity index is 2.07. The molecule has 24 heavy (non-hydrogen) atoms. The highest BCUT2D eigenvalue weighted by Crippen LogP contribution is 2.24. The normalized spacial score (nSPS) is 16.6. The van der Waals surface area contributed by atoms with Crippen molar-refractivity contribution in [3.05, 3.63) is 28.8 Å². The molecule has 1 fully saturated rings. The van der Waals surface area contributed by atoms with Crippen molar-refractivity contribution in [2.45, 2.75) is 13.8 Å². The van der Waals surface area contributed by atoms with E-state index in [1.54, 1.807) is 13.8 Å². The first-order valence-electron chi connectivity index (χ1n) is 7.84. The summed E-state index contributed by atoms with van der Waals surface area (Å²) in [7, 11) is -3.49. The van der Waals surface area contributed by atoms with E-state index in [-0.39, 0.29) is 43.4 Å². The SMILES string of the molecule is CCN(CC)S(=O)(=O)N1CCN(C(=O)c2cc(Cl)ccc2O)CC1. The lowest BCUT2D eigenvalue weighted by atomic mass is 10.1. The Morgan fingerprint density at radius 2 is 1.79 bits per heavy atom. The van der Waals surface area contributed by atoms with Gasteiger partial charge < -0.3 is 10.0 Å². The van der Waals surface area contributed by atoms with Gasteiger partial charge in [-0.1, -0.05) is 25.4 Å². The predicted molar refractivity (Wildman–Crippen MR) is 92.4 cm³/mol. The molecule has 0 saturated carbocycles. The van der Waals surface area contributed by atoms with E-state index in [1.165, 1.54) is 31.7 Å². The van der Waals surface area contributed by atoms with Gasteiger partial charge in [0.1, 0.15) is 5.75 Å². The topological polar surface area (TPSA) is 81.2 Å². The number of carbonyl (C=O) groups is 1. The van der Waals surface area contributed by atoms with Crippen LogP contribution in [0.5, 0.6) is 5.75 Å². The molecule has 0 aliphatic carbocycles. The average molecular weight is 376 g/mol. The Morgan fingerprint density at radius 1 is 1.21 bits per heavy atom. The number of phenols is 1. The van der Waals surface area contributed by atoms with Crippen LogP contribution in [-0.2, 0) is 10.2 Å². The molecular weight excluding hydrogens is 354 g/mol. The molecule has 1 amide bonds. The zero-order valence-corrected chi connectivity index (χ0v) is 15.3. The van der Waals surface area contributed by atoms with Crippen molar-refractivity contribution >= 4 is 27.7 Å². The van der Waals surface area contributed by atoms with E-state index >= 15 is 0 Å². The van der Waals surface area contributed by atoms with Gasteiger partial charge in [0.05, 0.1) is 5.56 Å². The number of amides is 1. The molecule has 0 aromatic heterocycles. The summed E-state index contributed by atoms with van der Waals surface area (Å²) in [5.41, 5.74) is 0.127. The summed E-state index contributed by atoms with van der Waals surface area (Å²) in [6.07, 6.45) is 0. The van der Waals surface area contributed by atoms with Crippen molar-refractivity contribution in [2.24, 2.45) is 0 Å². The van der Waals surface area contributed by atoms with Crippen molar-refractivity contribution in [1.82, 2.24) is 13.5 Å². The highest BCUT2D eigenvalue weighted by molar-refractivity contribution is 7.86. The number of hydrogen-bond donors (Lipinski definition) is 1. The summed E-state index contributed by atoms with van der Waals surface area (Å²) in [4.78, 5) is 14.0. The lowest BCUT2D eigenvalue weighted by Gasteiger charge is -2.36. The summed E-state index contributed by atoms with van der Waals surface area (Å²) in [6.45, 7) is 5.41. The standard InChI is InChI=1S/C15H22ClN3O4S/c1-3-18(4-2)24(22,23)19-9-7-17(8-10-19)15(21)13-11-12(16)5-6-14(13)20/h5-6,11,20H,3-4,7-10H2,1-2H3. The first kappa shape index (κ1) is 19.0. The zero-order chi connectivity index (χ0) is 17.9. The molecule has 1 aliphatic rings. The van der Waals surface area contributed by atoms with Crippen molar-refractivity contribution in [3.63, 3.8) is 0 Å². The molecule has 0 bridgehead atoms. The minimum atomic E-state index is -3.49. The molecule has 0 unspecified atom stereocenters. The fourth-order valence-electron chi connectivity index (χ4n) is 2.69. The van der Waals surface area contributed by atoms with Crippen LogP contribution in [0.15, 0.2) is 18.2 Å². The highest BCUT2D eigenvalue weighted by atomic mass is 35.5. The summed E-state index contributed by atoms with van der Waals surface area (Å²) >= 11 is 5.87. The molecule has 0 spiro atoms. The van der Waals surface area contributed by atoms with Gasteiger partial charge in [0.2, 0.25) is 0 Å². The van der Waals surface area contributed by atoms with Gasteiger partial charge in [0.25, 0.3) is 16.1 Å². The van der Waals surface area contributed by atoms with Crippen LogP contribution in [0.25, 0.3) is 0 Å². The lowest BCUT2D eigenvalue weighted by molar-refractivity contribution is 0.0691. The molecule has 1 aliphatic heterocycles. The number of piperazine rings is 1. The number of rotatable bonds is 5.